The van der Waals surface area contributed by atoms with Crippen LogP contribution in [0.1, 0.15) is 25.3 Å². The Morgan fingerprint density at radius 2 is 1.88 bits per heavy atom. The molecule has 2 atom stereocenters. The minimum Gasteiger partial charge on any atom is -0.365 e. The molecule has 0 radical (unpaired) electrons. The summed E-state index contributed by atoms with van der Waals surface area (Å²) in [6.45, 7) is 1.75. The second-order valence-corrected chi connectivity index (χ2v) is 10.6. The van der Waals surface area contributed by atoms with Crippen molar-refractivity contribution in [2.45, 2.75) is 37.2 Å². The smallest absolute Gasteiger partial charge is 0.365 e. The number of benzene rings is 1. The van der Waals surface area contributed by atoms with Crippen molar-refractivity contribution in [2.75, 3.05) is 11.1 Å². The van der Waals surface area contributed by atoms with Gasteiger partial charge in [-0.05, 0) is 37.5 Å². The van der Waals surface area contributed by atoms with Gasteiger partial charge < -0.3 is 9.88 Å². The van der Waals surface area contributed by atoms with E-state index in [-0.39, 0.29) is 22.8 Å². The SMILES string of the molecule is C[C@@H]1[C@@H](Nc2ncc(-c3ccc(C(F)(F)F)cc3)c3ncn(C)c(=O)c23)CCCS1(O)O. The van der Waals surface area contributed by atoms with Gasteiger partial charge in [0.1, 0.15) is 11.2 Å². The summed E-state index contributed by atoms with van der Waals surface area (Å²) in [4.78, 5) is 21.7. The molecule has 0 unspecified atom stereocenters. The summed E-state index contributed by atoms with van der Waals surface area (Å²) in [6, 6.07) is 4.30. The van der Waals surface area contributed by atoms with Gasteiger partial charge in [0.15, 0.2) is 0 Å². The number of aryl methyl sites for hydroxylation is 1. The van der Waals surface area contributed by atoms with Gasteiger partial charge in [0.05, 0.1) is 22.7 Å². The van der Waals surface area contributed by atoms with Crippen molar-refractivity contribution >= 4 is 27.3 Å². The number of alkyl halides is 3. The highest BCUT2D eigenvalue weighted by Gasteiger charge is 2.34. The zero-order valence-electron chi connectivity index (χ0n) is 17.4. The maximum Gasteiger partial charge on any atom is 0.416 e. The third-order valence-electron chi connectivity index (χ3n) is 5.91. The molecule has 1 aliphatic rings. The van der Waals surface area contributed by atoms with E-state index in [1.54, 1.807) is 14.0 Å². The molecule has 172 valence electrons. The molecule has 1 aromatic carbocycles. The van der Waals surface area contributed by atoms with Crippen molar-refractivity contribution in [1.82, 2.24) is 14.5 Å². The first kappa shape index (κ1) is 22.6. The first-order valence-corrected chi connectivity index (χ1v) is 11.8. The second-order valence-electron chi connectivity index (χ2n) is 8.00. The van der Waals surface area contributed by atoms with Gasteiger partial charge in [0.25, 0.3) is 5.56 Å². The van der Waals surface area contributed by atoms with E-state index in [9.17, 15) is 27.1 Å². The Hall–Kier alpha value is -2.63. The summed E-state index contributed by atoms with van der Waals surface area (Å²) in [5, 5.41) is 2.96. The van der Waals surface area contributed by atoms with Gasteiger partial charge in [0, 0.05) is 30.6 Å². The third-order valence-corrected chi connectivity index (χ3v) is 8.32. The van der Waals surface area contributed by atoms with E-state index in [0.717, 1.165) is 12.1 Å². The number of aromatic nitrogens is 3. The highest BCUT2D eigenvalue weighted by Crippen LogP contribution is 2.50. The van der Waals surface area contributed by atoms with Crippen LogP contribution in [-0.2, 0) is 13.2 Å². The normalized spacial score (nSPS) is 22.0. The monoisotopic (exact) mass is 468 g/mol. The molecule has 3 N–H and O–H groups in total. The predicted molar refractivity (Wildman–Crippen MR) is 119 cm³/mol. The molecule has 1 saturated heterocycles. The highest BCUT2D eigenvalue weighted by molar-refractivity contribution is 8.24. The maximum absolute atomic E-state index is 13.0. The average Bonchev–Trinajstić information content (AvgIpc) is 2.73. The molecule has 3 aromatic rings. The second kappa shape index (κ2) is 8.05. The summed E-state index contributed by atoms with van der Waals surface area (Å²) >= 11 is 0. The van der Waals surface area contributed by atoms with Crippen LogP contribution in [0.5, 0.6) is 0 Å². The first-order chi connectivity index (χ1) is 15.0. The van der Waals surface area contributed by atoms with E-state index in [4.69, 9.17) is 0 Å². The topological polar surface area (TPSA) is 100 Å². The molecule has 0 amide bonds. The zero-order chi connectivity index (χ0) is 23.3. The number of hydrogen-bond donors (Lipinski definition) is 3. The van der Waals surface area contributed by atoms with Crippen molar-refractivity contribution in [3.05, 3.63) is 52.7 Å². The number of fused-ring (bicyclic) bond motifs is 1. The molecular weight excluding hydrogens is 445 g/mol. The number of nitrogens with zero attached hydrogens (tertiary/aromatic N) is 3. The molecule has 3 heterocycles. The quantitative estimate of drug-likeness (QED) is 0.514. The maximum atomic E-state index is 13.0. The summed E-state index contributed by atoms with van der Waals surface area (Å²) in [5.74, 6) is 0.606. The fourth-order valence-electron chi connectivity index (χ4n) is 3.94. The molecule has 32 heavy (non-hydrogen) atoms. The first-order valence-electron chi connectivity index (χ1n) is 10.0. The van der Waals surface area contributed by atoms with E-state index < -0.39 is 27.6 Å². The Morgan fingerprint density at radius 3 is 2.53 bits per heavy atom. The number of pyridine rings is 1. The minimum atomic E-state index is -4.45. The molecule has 2 aromatic heterocycles. The van der Waals surface area contributed by atoms with Crippen LogP contribution in [0.25, 0.3) is 22.0 Å². The summed E-state index contributed by atoms with van der Waals surface area (Å²) < 4.78 is 60.7. The molecule has 0 spiro atoms. The Morgan fingerprint density at radius 1 is 1.19 bits per heavy atom. The molecule has 11 heteroatoms. The zero-order valence-corrected chi connectivity index (χ0v) is 18.2. The van der Waals surface area contributed by atoms with Crippen molar-refractivity contribution in [1.29, 1.82) is 0 Å². The molecule has 7 nitrogen and oxygen atoms in total. The van der Waals surface area contributed by atoms with Crippen LogP contribution < -0.4 is 10.9 Å². The molecular formula is C21H23F3N4O3S. The fourth-order valence-corrected chi connectivity index (χ4v) is 5.63. The number of halogens is 3. The van der Waals surface area contributed by atoms with Crippen LogP contribution in [-0.4, -0.2) is 40.7 Å². The summed E-state index contributed by atoms with van der Waals surface area (Å²) in [6.07, 6.45) is -0.329. The van der Waals surface area contributed by atoms with Crippen molar-refractivity contribution in [3.63, 3.8) is 0 Å². The van der Waals surface area contributed by atoms with E-state index in [2.05, 4.69) is 15.3 Å². The van der Waals surface area contributed by atoms with Crippen molar-refractivity contribution < 1.29 is 22.3 Å². The lowest BCUT2D eigenvalue weighted by atomic mass is 10.0. The van der Waals surface area contributed by atoms with Gasteiger partial charge in [-0.1, -0.05) is 12.1 Å². The largest absolute Gasteiger partial charge is 0.416 e. The molecule has 1 fully saturated rings. The molecule has 1 aliphatic heterocycles. The van der Waals surface area contributed by atoms with Crippen LogP contribution in [0.2, 0.25) is 0 Å². The third kappa shape index (κ3) is 4.07. The number of nitrogens with one attached hydrogen (secondary N) is 1. The van der Waals surface area contributed by atoms with Crippen LogP contribution >= 0.6 is 10.6 Å². The van der Waals surface area contributed by atoms with Crippen LogP contribution in [0, 0.1) is 0 Å². The van der Waals surface area contributed by atoms with Crippen LogP contribution in [0.15, 0.2) is 41.6 Å². The summed E-state index contributed by atoms with van der Waals surface area (Å²) in [7, 11) is -1.21. The van der Waals surface area contributed by atoms with E-state index in [1.807, 2.05) is 0 Å². The van der Waals surface area contributed by atoms with Crippen molar-refractivity contribution in [2.24, 2.45) is 7.05 Å². The van der Waals surface area contributed by atoms with E-state index in [0.29, 0.717) is 35.2 Å². The van der Waals surface area contributed by atoms with Gasteiger partial charge in [0.2, 0.25) is 0 Å². The van der Waals surface area contributed by atoms with Gasteiger partial charge in [-0.2, -0.15) is 23.8 Å². The lowest BCUT2D eigenvalue weighted by molar-refractivity contribution is -0.137. The van der Waals surface area contributed by atoms with Gasteiger partial charge in [-0.25, -0.2) is 9.97 Å². The van der Waals surface area contributed by atoms with Crippen LogP contribution in [0.3, 0.4) is 0 Å². The lowest BCUT2D eigenvalue weighted by Gasteiger charge is -2.46. The Balaban J connectivity index is 1.80. The lowest BCUT2D eigenvalue weighted by Crippen LogP contribution is -2.40. The average molecular weight is 469 g/mol. The van der Waals surface area contributed by atoms with Gasteiger partial charge in [-0.15, -0.1) is 0 Å². The van der Waals surface area contributed by atoms with E-state index in [1.165, 1.54) is 29.2 Å². The number of rotatable bonds is 3. The van der Waals surface area contributed by atoms with Crippen molar-refractivity contribution in [3.8, 4) is 11.1 Å². The standard InChI is InChI=1S/C21H23F3N4O3S/c1-12-16(4-3-9-32(12,30)31)27-19-17-18(26-11-28(2)20(17)29)15(10-25-19)13-5-7-14(8-6-13)21(22,23)24/h5-8,10-12,16,30-31H,3-4,9H2,1-2H3,(H,25,27)/t12-,16+/m1/s1. The number of anilines is 1. The Bertz CT molecular complexity index is 1210. The highest BCUT2D eigenvalue weighted by atomic mass is 32.3. The molecule has 4 rings (SSSR count). The van der Waals surface area contributed by atoms with Gasteiger partial charge >= 0.3 is 6.18 Å². The fraction of sp³-hybridized carbons (Fsp3) is 0.381. The molecule has 0 bridgehead atoms. The summed E-state index contributed by atoms with van der Waals surface area (Å²) in [5.41, 5.74) is 0.0428. The minimum absolute atomic E-state index is 0.196. The predicted octanol–water partition coefficient (Wildman–Crippen LogP) is 4.73. The Labute approximate surface area is 183 Å². The Kier molecular flexibility index (Phi) is 5.68. The molecule has 0 aliphatic carbocycles. The number of hydrogen-bond acceptors (Lipinski definition) is 6. The van der Waals surface area contributed by atoms with Crippen LogP contribution in [0.4, 0.5) is 19.0 Å². The molecule has 0 saturated carbocycles. The van der Waals surface area contributed by atoms with E-state index >= 15 is 0 Å². The van der Waals surface area contributed by atoms with Gasteiger partial charge in [-0.3, -0.25) is 13.9 Å².